The van der Waals surface area contributed by atoms with Gasteiger partial charge in [0.2, 0.25) is 0 Å². The van der Waals surface area contributed by atoms with Crippen molar-refractivity contribution in [1.29, 1.82) is 0 Å². The van der Waals surface area contributed by atoms with Crippen LogP contribution in [0.2, 0.25) is 13.3 Å². The van der Waals surface area contributed by atoms with Crippen LogP contribution in [0.5, 0.6) is 5.75 Å². The maximum absolute atomic E-state index is 6.17. The Bertz CT molecular complexity index is 552. The van der Waals surface area contributed by atoms with Crippen molar-refractivity contribution in [1.82, 2.24) is 0 Å². The van der Waals surface area contributed by atoms with E-state index >= 15 is 0 Å². The minimum atomic E-state index is -2.32. The summed E-state index contributed by atoms with van der Waals surface area (Å²) < 4.78 is 12.5. The average molecular weight is 449 g/mol. The van der Waals surface area contributed by atoms with Gasteiger partial charge in [-0.25, -0.2) is 0 Å². The van der Waals surface area contributed by atoms with Gasteiger partial charge >= 0.3 is 160 Å². The van der Waals surface area contributed by atoms with Gasteiger partial charge in [0.15, 0.2) is 0 Å². The number of benzene rings is 1. The van der Waals surface area contributed by atoms with Gasteiger partial charge in [-0.3, -0.25) is 0 Å². The summed E-state index contributed by atoms with van der Waals surface area (Å²) in [5, 5.41) is 0. The van der Waals surface area contributed by atoms with E-state index in [4.69, 9.17) is 4.74 Å². The minimum absolute atomic E-state index is 0.179. The van der Waals surface area contributed by atoms with Crippen molar-refractivity contribution >= 4 is 28.0 Å². The first-order valence-electron chi connectivity index (χ1n) is 10.5. The number of unbranched alkanes of at least 4 members (excludes halogenated alkanes) is 3. The summed E-state index contributed by atoms with van der Waals surface area (Å²) in [5.41, 5.74) is 1.13. The van der Waals surface area contributed by atoms with E-state index in [0.717, 1.165) is 5.75 Å². The van der Waals surface area contributed by atoms with Gasteiger partial charge in [-0.1, -0.05) is 0 Å². The Hall–Kier alpha value is -0.441. The molecule has 0 aliphatic carbocycles. The van der Waals surface area contributed by atoms with Crippen LogP contribution in [0.15, 0.2) is 24.3 Å². The molecule has 0 unspecified atom stereocenters. The molecule has 0 N–H and O–H groups in total. The van der Waals surface area contributed by atoms with E-state index in [0.29, 0.717) is 0 Å². The van der Waals surface area contributed by atoms with Crippen molar-refractivity contribution in [2.45, 2.75) is 92.1 Å². The predicted octanol–water partition coefficient (Wildman–Crippen LogP) is 6.93. The summed E-state index contributed by atoms with van der Waals surface area (Å²) in [6.07, 6.45) is 12.7. The molecular formula is C23H38OSn. The van der Waals surface area contributed by atoms with Crippen LogP contribution in [0.3, 0.4) is 0 Å². The molecule has 0 radical (unpaired) electrons. The van der Waals surface area contributed by atoms with Crippen LogP contribution in [0, 0.1) is 0 Å². The molecular weight excluding hydrogens is 411 g/mol. The standard InChI is InChI=1S/C11H11O.3C4H9.Sn/c1-11(2)8-7-9-5-3-4-6-10(9)12-11;3*1-3-4-2;/h4-8H,1-2H3;3*1,3-4H2,2H3;. The van der Waals surface area contributed by atoms with Gasteiger partial charge in [-0.15, -0.1) is 0 Å². The van der Waals surface area contributed by atoms with E-state index in [1.54, 1.807) is 3.58 Å². The first kappa shape index (κ1) is 20.9. The fourth-order valence-corrected chi connectivity index (χ4v) is 20.1. The van der Waals surface area contributed by atoms with Gasteiger partial charge in [-0.2, -0.15) is 0 Å². The van der Waals surface area contributed by atoms with Gasteiger partial charge in [0.05, 0.1) is 0 Å². The third-order valence-electron chi connectivity index (χ3n) is 5.69. The van der Waals surface area contributed by atoms with Gasteiger partial charge in [0, 0.05) is 0 Å². The first-order chi connectivity index (χ1) is 12.0. The Kier molecular flexibility index (Phi) is 7.91. The Morgan fingerprint density at radius 2 is 1.44 bits per heavy atom. The molecule has 0 saturated carbocycles. The number of fused-ring (bicyclic) bond motifs is 1. The maximum atomic E-state index is 6.17. The molecule has 0 aromatic heterocycles. The second-order valence-electron chi connectivity index (χ2n) is 8.38. The van der Waals surface area contributed by atoms with Crippen molar-refractivity contribution in [3.8, 4) is 5.75 Å². The SMILES string of the molecule is CCC[CH2][Sn]([CH2]CCC)([CH2]CCC)[c]1ccc2c(c1)C=CC(C)(C)O2. The third-order valence-corrected chi connectivity index (χ3v) is 21.3. The molecule has 0 amide bonds. The van der Waals surface area contributed by atoms with Crippen LogP contribution in [0.1, 0.15) is 78.7 Å². The summed E-state index contributed by atoms with van der Waals surface area (Å²) in [6.45, 7) is 11.3. The van der Waals surface area contributed by atoms with E-state index in [1.165, 1.54) is 57.4 Å². The average Bonchev–Trinajstić information content (AvgIpc) is 2.60. The van der Waals surface area contributed by atoms with Gasteiger partial charge in [-0.05, 0) is 0 Å². The Labute approximate surface area is 160 Å². The Balaban J connectivity index is 2.38. The van der Waals surface area contributed by atoms with Crippen LogP contribution in [-0.4, -0.2) is 24.0 Å². The fourth-order valence-electron chi connectivity index (χ4n) is 4.06. The zero-order chi connectivity index (χ0) is 18.3. The van der Waals surface area contributed by atoms with E-state index < -0.39 is 18.4 Å². The molecule has 2 heteroatoms. The van der Waals surface area contributed by atoms with Crippen LogP contribution in [0.25, 0.3) is 6.08 Å². The van der Waals surface area contributed by atoms with Crippen molar-refractivity contribution in [2.75, 3.05) is 0 Å². The number of hydrogen-bond donors (Lipinski definition) is 0. The molecule has 0 bridgehead atoms. The zero-order valence-corrected chi connectivity index (χ0v) is 20.0. The van der Waals surface area contributed by atoms with Crippen molar-refractivity contribution < 1.29 is 4.74 Å². The monoisotopic (exact) mass is 450 g/mol. The molecule has 1 aromatic carbocycles. The van der Waals surface area contributed by atoms with Crippen LogP contribution in [0.4, 0.5) is 0 Å². The predicted molar refractivity (Wildman–Crippen MR) is 115 cm³/mol. The van der Waals surface area contributed by atoms with E-state index in [2.05, 4.69) is 65.0 Å². The molecule has 1 nitrogen and oxygen atoms in total. The summed E-state index contributed by atoms with van der Waals surface area (Å²) in [5.74, 6) is 1.07. The molecule has 0 fully saturated rings. The quantitative estimate of drug-likeness (QED) is 0.352. The molecule has 1 aromatic rings. The number of ether oxygens (including phenoxy) is 1. The molecule has 140 valence electrons. The molecule has 2 rings (SSSR count). The number of hydrogen-bond acceptors (Lipinski definition) is 1. The molecule has 0 atom stereocenters. The van der Waals surface area contributed by atoms with Gasteiger partial charge in [0.1, 0.15) is 0 Å². The second kappa shape index (κ2) is 9.48. The molecule has 1 aliphatic rings. The van der Waals surface area contributed by atoms with Crippen LogP contribution < -0.4 is 8.32 Å². The van der Waals surface area contributed by atoms with Crippen molar-refractivity contribution in [3.63, 3.8) is 0 Å². The first-order valence-corrected chi connectivity index (χ1v) is 18.0. The molecule has 25 heavy (non-hydrogen) atoms. The van der Waals surface area contributed by atoms with E-state index in [9.17, 15) is 0 Å². The van der Waals surface area contributed by atoms with Gasteiger partial charge < -0.3 is 0 Å². The van der Waals surface area contributed by atoms with E-state index in [1.807, 2.05) is 0 Å². The summed E-state index contributed by atoms with van der Waals surface area (Å²) in [4.78, 5) is 0. The van der Waals surface area contributed by atoms with E-state index in [-0.39, 0.29) is 5.60 Å². The Morgan fingerprint density at radius 3 is 1.96 bits per heavy atom. The van der Waals surface area contributed by atoms with Crippen molar-refractivity contribution in [2.24, 2.45) is 0 Å². The topological polar surface area (TPSA) is 9.23 Å². The summed E-state index contributed by atoms with van der Waals surface area (Å²) >= 11 is -2.32. The van der Waals surface area contributed by atoms with Crippen LogP contribution in [-0.2, 0) is 0 Å². The molecule has 1 aliphatic heterocycles. The normalized spacial score (nSPS) is 15.7. The Morgan fingerprint density at radius 1 is 0.880 bits per heavy atom. The van der Waals surface area contributed by atoms with Gasteiger partial charge in [0.25, 0.3) is 0 Å². The second-order valence-corrected chi connectivity index (χ2v) is 21.6. The number of rotatable bonds is 10. The fraction of sp³-hybridized carbons (Fsp3) is 0.652. The third kappa shape index (κ3) is 5.51. The molecule has 0 saturated heterocycles. The van der Waals surface area contributed by atoms with Crippen molar-refractivity contribution in [3.05, 3.63) is 29.8 Å². The molecule has 0 spiro atoms. The van der Waals surface area contributed by atoms with Crippen LogP contribution >= 0.6 is 0 Å². The zero-order valence-electron chi connectivity index (χ0n) is 17.2. The summed E-state index contributed by atoms with van der Waals surface area (Å²) in [6, 6.07) is 7.23. The molecule has 1 heterocycles. The summed E-state index contributed by atoms with van der Waals surface area (Å²) in [7, 11) is 0.